The van der Waals surface area contributed by atoms with Gasteiger partial charge in [0.15, 0.2) is 12.0 Å². The number of allylic oxidation sites excluding steroid dienone is 1. The summed E-state index contributed by atoms with van der Waals surface area (Å²) in [5.41, 5.74) is -5.06. The Bertz CT molecular complexity index is 1080. The first kappa shape index (κ1) is 22.5. The molecule has 7 nitrogen and oxygen atoms in total. The van der Waals surface area contributed by atoms with Gasteiger partial charge in [0.1, 0.15) is 11.5 Å². The van der Waals surface area contributed by atoms with Crippen molar-refractivity contribution in [2.24, 2.45) is 4.99 Å². The van der Waals surface area contributed by atoms with Crippen molar-refractivity contribution in [2.45, 2.75) is 36.0 Å². The molecule has 2 heterocycles. The number of hydrogen-bond donors (Lipinski definition) is 3. The van der Waals surface area contributed by atoms with E-state index < -0.39 is 51.7 Å². The Hall–Kier alpha value is -3.15. The minimum atomic E-state index is -4.61. The van der Waals surface area contributed by atoms with Crippen LogP contribution in [-0.2, 0) is 0 Å². The first-order chi connectivity index (χ1) is 14.7. The Kier molecular flexibility index (Phi) is 6.78. The molecule has 164 valence electrons. The van der Waals surface area contributed by atoms with Crippen molar-refractivity contribution in [2.75, 3.05) is 0 Å². The summed E-state index contributed by atoms with van der Waals surface area (Å²) in [5.74, 6) is -1.60. The third kappa shape index (κ3) is 5.94. The smallest absolute Gasteiger partial charge is 0.364 e. The van der Waals surface area contributed by atoms with Gasteiger partial charge >= 0.3 is 5.51 Å². The molecule has 2 aromatic rings. The fourth-order valence-electron chi connectivity index (χ4n) is 2.83. The summed E-state index contributed by atoms with van der Waals surface area (Å²) >= 11 is -0.550. The Morgan fingerprint density at radius 1 is 1.32 bits per heavy atom. The Labute approximate surface area is 178 Å². The lowest BCUT2D eigenvalue weighted by molar-refractivity contribution is -0.0329. The van der Waals surface area contributed by atoms with Crippen molar-refractivity contribution in [1.29, 1.82) is 0 Å². The third-order valence-corrected chi connectivity index (χ3v) is 5.00. The molecule has 3 rings (SSSR count). The number of amides is 1. The van der Waals surface area contributed by atoms with Gasteiger partial charge in [-0.1, -0.05) is 13.0 Å². The maximum Gasteiger partial charge on any atom is 0.446 e. The number of aliphatic imine (C=N–C) groups is 1. The fraction of sp³-hybridized carbons (Fsp3) is 0.263. The molecule has 0 saturated heterocycles. The molecule has 1 aromatic heterocycles. The minimum Gasteiger partial charge on any atom is -0.364 e. The van der Waals surface area contributed by atoms with Gasteiger partial charge in [-0.25, -0.2) is 9.37 Å². The van der Waals surface area contributed by atoms with Crippen LogP contribution in [-0.4, -0.2) is 27.6 Å². The van der Waals surface area contributed by atoms with Crippen LogP contribution in [0, 0.1) is 5.82 Å². The van der Waals surface area contributed by atoms with Gasteiger partial charge in [0, 0.05) is 18.5 Å². The van der Waals surface area contributed by atoms with Crippen LogP contribution in [0.3, 0.4) is 0 Å². The molecule has 0 fully saturated rings. The van der Waals surface area contributed by atoms with Crippen LogP contribution in [0.25, 0.3) is 0 Å². The van der Waals surface area contributed by atoms with Crippen LogP contribution in [0.4, 0.5) is 17.6 Å². The first-order valence-electron chi connectivity index (χ1n) is 9.08. The van der Waals surface area contributed by atoms with Gasteiger partial charge < -0.3 is 15.6 Å². The quantitative estimate of drug-likeness (QED) is 0.457. The van der Waals surface area contributed by atoms with Crippen molar-refractivity contribution >= 4 is 23.9 Å². The number of carbonyl (C=O) groups excluding carboxylic acids is 1. The number of halogens is 4. The summed E-state index contributed by atoms with van der Waals surface area (Å²) in [4.78, 5) is 34.8. The van der Waals surface area contributed by atoms with E-state index in [9.17, 15) is 27.2 Å². The molecule has 1 amide bonds. The van der Waals surface area contributed by atoms with Crippen LogP contribution < -0.4 is 16.2 Å². The average Bonchev–Trinajstić information content (AvgIpc) is 2.72. The van der Waals surface area contributed by atoms with E-state index in [2.05, 4.69) is 25.6 Å². The summed E-state index contributed by atoms with van der Waals surface area (Å²) in [6, 6.07) is 3.59. The molecule has 0 spiro atoms. The molecule has 12 heteroatoms. The number of aromatic nitrogens is 2. The van der Waals surface area contributed by atoms with E-state index in [0.29, 0.717) is 6.42 Å². The second kappa shape index (κ2) is 9.33. The number of nitrogens with one attached hydrogen (secondary N) is 3. The molecule has 31 heavy (non-hydrogen) atoms. The monoisotopic (exact) mass is 455 g/mol. The van der Waals surface area contributed by atoms with Gasteiger partial charge in [0.05, 0.1) is 10.9 Å². The van der Waals surface area contributed by atoms with Gasteiger partial charge in [-0.15, -0.1) is 0 Å². The number of alkyl halides is 3. The molecule has 0 aliphatic carbocycles. The highest BCUT2D eigenvalue weighted by molar-refractivity contribution is 8.00. The topological polar surface area (TPSA) is 99.2 Å². The fourth-order valence-corrected chi connectivity index (χ4v) is 3.38. The van der Waals surface area contributed by atoms with Gasteiger partial charge in [0.25, 0.3) is 11.5 Å². The average molecular weight is 455 g/mol. The van der Waals surface area contributed by atoms with Gasteiger partial charge in [-0.3, -0.25) is 14.6 Å². The summed E-state index contributed by atoms with van der Waals surface area (Å²) < 4.78 is 51.6. The highest BCUT2D eigenvalue weighted by Gasteiger charge is 2.31. The molecule has 0 radical (unpaired) electrons. The number of H-pyrrole nitrogens is 1. The zero-order valence-corrected chi connectivity index (χ0v) is 16.9. The minimum absolute atomic E-state index is 0.130. The molecule has 1 aromatic carbocycles. The van der Waals surface area contributed by atoms with Crippen molar-refractivity contribution in [3.05, 3.63) is 69.8 Å². The molecule has 0 bridgehead atoms. The lowest BCUT2D eigenvalue weighted by atomic mass is 10.0. The summed E-state index contributed by atoms with van der Waals surface area (Å²) in [6.07, 6.45) is 4.42. The molecule has 2 atom stereocenters. The van der Waals surface area contributed by atoms with E-state index in [1.54, 1.807) is 19.2 Å². The first-order valence-corrected chi connectivity index (χ1v) is 9.89. The van der Waals surface area contributed by atoms with Crippen LogP contribution in [0.1, 0.15) is 47.4 Å². The van der Waals surface area contributed by atoms with Crippen LogP contribution in [0.5, 0.6) is 0 Å². The van der Waals surface area contributed by atoms with E-state index in [1.807, 2.05) is 0 Å². The number of aromatic amines is 1. The van der Waals surface area contributed by atoms with Gasteiger partial charge in [0.2, 0.25) is 0 Å². The number of rotatable bonds is 6. The standard InChI is InChI=1S/C19H17F4N5O2S/c1-2-12(10-4-5-14(11(20)8-10)31-19(21,22)23)27-18(30)13-9-15(29)28-17(26-13)16-24-6-3-7-25-16/h3-9,12,16,24H,2H2,1H3,(H,27,30)(H,26,28,29). The maximum atomic E-state index is 14.1. The molecule has 3 N–H and O–H groups in total. The van der Waals surface area contributed by atoms with Gasteiger partial charge in [-0.05, 0) is 42.0 Å². The number of nitrogens with zero attached hydrogens (tertiary/aromatic N) is 2. The molecule has 2 unspecified atom stereocenters. The number of benzene rings is 1. The lowest BCUT2D eigenvalue weighted by Gasteiger charge is -2.19. The summed E-state index contributed by atoms with van der Waals surface area (Å²) in [5, 5.41) is 5.50. The van der Waals surface area contributed by atoms with E-state index >= 15 is 0 Å². The van der Waals surface area contributed by atoms with Gasteiger partial charge in [-0.2, -0.15) is 13.2 Å². The zero-order valence-electron chi connectivity index (χ0n) is 16.0. The maximum absolute atomic E-state index is 14.1. The molecular weight excluding hydrogens is 438 g/mol. The van der Waals surface area contributed by atoms with Crippen LogP contribution >= 0.6 is 11.8 Å². The predicted octanol–water partition coefficient (Wildman–Crippen LogP) is 3.59. The molecule has 0 saturated carbocycles. The van der Waals surface area contributed by atoms with Crippen molar-refractivity contribution in [1.82, 2.24) is 20.6 Å². The SMILES string of the molecule is CCC(NC(=O)c1cc(=O)[nH]c(C2N=CC=CN2)n1)c1ccc(SC(F)(F)F)c(F)c1. The number of thioether (sulfide) groups is 1. The lowest BCUT2D eigenvalue weighted by Crippen LogP contribution is -2.31. The third-order valence-electron chi connectivity index (χ3n) is 4.22. The van der Waals surface area contributed by atoms with E-state index in [0.717, 1.165) is 18.2 Å². The van der Waals surface area contributed by atoms with Crippen molar-refractivity contribution < 1.29 is 22.4 Å². The van der Waals surface area contributed by atoms with Crippen LogP contribution in [0.15, 0.2) is 51.2 Å². The molecule has 1 aliphatic rings. The van der Waals surface area contributed by atoms with Crippen molar-refractivity contribution in [3.63, 3.8) is 0 Å². The Morgan fingerprint density at radius 2 is 2.10 bits per heavy atom. The zero-order chi connectivity index (χ0) is 22.6. The highest BCUT2D eigenvalue weighted by atomic mass is 32.2. The number of carbonyl (C=O) groups is 1. The summed E-state index contributed by atoms with van der Waals surface area (Å²) in [7, 11) is 0. The number of hydrogen-bond acceptors (Lipinski definition) is 6. The second-order valence-electron chi connectivity index (χ2n) is 6.41. The predicted molar refractivity (Wildman–Crippen MR) is 107 cm³/mol. The summed E-state index contributed by atoms with van der Waals surface area (Å²) in [6.45, 7) is 1.71. The van der Waals surface area contributed by atoms with E-state index in [1.165, 1.54) is 12.3 Å². The van der Waals surface area contributed by atoms with Crippen LogP contribution in [0.2, 0.25) is 0 Å². The molecule has 1 aliphatic heterocycles. The van der Waals surface area contributed by atoms with E-state index in [4.69, 9.17) is 0 Å². The van der Waals surface area contributed by atoms with Crippen molar-refractivity contribution in [3.8, 4) is 0 Å². The Balaban J connectivity index is 1.79. The highest BCUT2D eigenvalue weighted by Crippen LogP contribution is 2.38. The molecular formula is C19H17F4N5O2S. The second-order valence-corrected chi connectivity index (χ2v) is 7.52. The van der Waals surface area contributed by atoms with E-state index in [-0.39, 0.29) is 17.1 Å². The largest absolute Gasteiger partial charge is 0.446 e. The Morgan fingerprint density at radius 3 is 2.71 bits per heavy atom. The normalized spacial score (nSPS) is 16.6.